The predicted molar refractivity (Wildman–Crippen MR) is 121 cm³/mol. The highest BCUT2D eigenvalue weighted by Crippen LogP contribution is 2.39. The van der Waals surface area contributed by atoms with Crippen LogP contribution in [-0.4, -0.2) is 27.6 Å². The van der Waals surface area contributed by atoms with E-state index in [1.807, 2.05) is 19.2 Å². The Hall–Kier alpha value is -2.24. The zero-order chi connectivity index (χ0) is 22.0. The minimum absolute atomic E-state index is 0.105. The molecule has 2 aromatic heterocycles. The van der Waals surface area contributed by atoms with Gasteiger partial charge in [0.15, 0.2) is 5.76 Å². The summed E-state index contributed by atoms with van der Waals surface area (Å²) in [5, 5.41) is 7.30. The average Bonchev–Trinajstić information content (AvgIpc) is 3.43. The topological polar surface area (TPSA) is 80.9 Å². The van der Waals surface area contributed by atoms with Crippen LogP contribution in [0.1, 0.15) is 95.3 Å². The molecular weight excluding hydrogens is 388 g/mol. The van der Waals surface area contributed by atoms with Gasteiger partial charge in [0.2, 0.25) is 5.91 Å². The molecule has 0 unspecified atom stereocenters. The summed E-state index contributed by atoms with van der Waals surface area (Å²) in [6, 6.07) is 1.96. The van der Waals surface area contributed by atoms with Crippen LogP contribution in [0.2, 0.25) is 0 Å². The molecule has 168 valence electrons. The Bertz CT molecular complexity index is 900. The second-order valence-corrected chi connectivity index (χ2v) is 10.5. The molecule has 6 nitrogen and oxygen atoms in total. The highest BCUT2D eigenvalue weighted by atomic mass is 16.5. The van der Waals surface area contributed by atoms with Crippen molar-refractivity contribution < 1.29 is 9.32 Å². The molecule has 2 aliphatic carbocycles. The maximum absolute atomic E-state index is 12.4. The van der Waals surface area contributed by atoms with E-state index in [1.54, 1.807) is 0 Å². The first-order valence-corrected chi connectivity index (χ1v) is 11.9. The molecule has 2 fully saturated rings. The van der Waals surface area contributed by atoms with Crippen molar-refractivity contribution in [3.05, 3.63) is 29.5 Å². The molecule has 0 spiro atoms. The van der Waals surface area contributed by atoms with Crippen LogP contribution in [-0.2, 0) is 10.2 Å². The molecule has 0 aliphatic heterocycles. The minimum atomic E-state index is -0.105. The first-order chi connectivity index (χ1) is 14.8. The SMILES string of the molecule is Cc1cc(-c2cnc(C(C)(C)C)nc2C2CCC(CNC(=O)C3CCCC3)CC2)on1. The Morgan fingerprint density at radius 3 is 2.45 bits per heavy atom. The van der Waals surface area contributed by atoms with Crippen molar-refractivity contribution in [3.63, 3.8) is 0 Å². The van der Waals surface area contributed by atoms with E-state index in [0.717, 1.165) is 73.6 Å². The van der Waals surface area contributed by atoms with Crippen molar-refractivity contribution in [1.82, 2.24) is 20.4 Å². The van der Waals surface area contributed by atoms with Crippen LogP contribution in [0.15, 0.2) is 16.8 Å². The van der Waals surface area contributed by atoms with E-state index in [4.69, 9.17) is 9.51 Å². The summed E-state index contributed by atoms with van der Waals surface area (Å²) in [5.74, 6) is 3.08. The Morgan fingerprint density at radius 2 is 1.84 bits per heavy atom. The number of nitrogens with one attached hydrogen (secondary N) is 1. The van der Waals surface area contributed by atoms with E-state index in [9.17, 15) is 4.79 Å². The first kappa shape index (κ1) is 22.0. The van der Waals surface area contributed by atoms with Crippen molar-refractivity contribution in [2.75, 3.05) is 6.54 Å². The highest BCUT2D eigenvalue weighted by molar-refractivity contribution is 5.78. The summed E-state index contributed by atoms with van der Waals surface area (Å²) < 4.78 is 5.56. The number of amides is 1. The smallest absolute Gasteiger partial charge is 0.223 e. The summed E-state index contributed by atoms with van der Waals surface area (Å²) in [7, 11) is 0. The Kier molecular flexibility index (Phi) is 6.44. The van der Waals surface area contributed by atoms with Gasteiger partial charge in [-0.1, -0.05) is 38.8 Å². The zero-order valence-electron chi connectivity index (χ0n) is 19.4. The maximum Gasteiger partial charge on any atom is 0.223 e. The molecule has 4 rings (SSSR count). The molecular formula is C25H36N4O2. The lowest BCUT2D eigenvalue weighted by molar-refractivity contribution is -0.125. The quantitative estimate of drug-likeness (QED) is 0.703. The lowest BCUT2D eigenvalue weighted by Crippen LogP contribution is -2.34. The summed E-state index contributed by atoms with van der Waals surface area (Å²) >= 11 is 0. The number of hydrogen-bond donors (Lipinski definition) is 1. The van der Waals surface area contributed by atoms with Gasteiger partial charge < -0.3 is 9.84 Å². The van der Waals surface area contributed by atoms with Gasteiger partial charge in [0.1, 0.15) is 5.82 Å². The van der Waals surface area contributed by atoms with Crippen LogP contribution in [0.5, 0.6) is 0 Å². The Morgan fingerprint density at radius 1 is 1.13 bits per heavy atom. The van der Waals surface area contributed by atoms with Crippen LogP contribution in [0.4, 0.5) is 0 Å². The number of nitrogens with zero attached hydrogens (tertiary/aromatic N) is 3. The highest BCUT2D eigenvalue weighted by Gasteiger charge is 2.30. The van der Waals surface area contributed by atoms with E-state index >= 15 is 0 Å². The summed E-state index contributed by atoms with van der Waals surface area (Å²) in [5.41, 5.74) is 2.81. The minimum Gasteiger partial charge on any atom is -0.356 e. The summed E-state index contributed by atoms with van der Waals surface area (Å²) in [6.07, 6.45) is 10.8. The van der Waals surface area contributed by atoms with Gasteiger partial charge in [0, 0.05) is 36.1 Å². The molecule has 0 atom stereocenters. The second-order valence-electron chi connectivity index (χ2n) is 10.5. The molecule has 0 radical (unpaired) electrons. The van der Waals surface area contributed by atoms with Gasteiger partial charge in [-0.2, -0.15) is 0 Å². The monoisotopic (exact) mass is 424 g/mol. The largest absolute Gasteiger partial charge is 0.356 e. The lowest BCUT2D eigenvalue weighted by atomic mass is 9.79. The van der Waals surface area contributed by atoms with E-state index in [0.29, 0.717) is 11.8 Å². The van der Waals surface area contributed by atoms with Crippen LogP contribution in [0.25, 0.3) is 11.3 Å². The third-order valence-electron chi connectivity index (χ3n) is 6.91. The molecule has 2 aliphatic rings. The molecule has 0 saturated heterocycles. The van der Waals surface area contributed by atoms with Gasteiger partial charge in [-0.3, -0.25) is 4.79 Å². The van der Waals surface area contributed by atoms with Crippen LogP contribution < -0.4 is 5.32 Å². The lowest BCUT2D eigenvalue weighted by Gasteiger charge is -2.30. The summed E-state index contributed by atoms with van der Waals surface area (Å²) in [6.45, 7) is 9.19. The first-order valence-electron chi connectivity index (χ1n) is 11.9. The number of hydrogen-bond acceptors (Lipinski definition) is 5. The fraction of sp³-hybridized carbons (Fsp3) is 0.680. The van der Waals surface area contributed by atoms with Gasteiger partial charge in [0.05, 0.1) is 17.0 Å². The van der Waals surface area contributed by atoms with Gasteiger partial charge in [-0.05, 0) is 51.4 Å². The van der Waals surface area contributed by atoms with Crippen molar-refractivity contribution >= 4 is 5.91 Å². The van der Waals surface area contributed by atoms with Crippen LogP contribution >= 0.6 is 0 Å². The normalized spacial score (nSPS) is 22.6. The molecule has 1 N–H and O–H groups in total. The molecule has 1 amide bonds. The molecule has 31 heavy (non-hydrogen) atoms. The van der Waals surface area contributed by atoms with Crippen LogP contribution in [0, 0.1) is 18.8 Å². The molecule has 2 saturated carbocycles. The van der Waals surface area contributed by atoms with Gasteiger partial charge in [-0.15, -0.1) is 0 Å². The average molecular weight is 425 g/mol. The fourth-order valence-electron chi connectivity index (χ4n) is 4.97. The second kappa shape index (κ2) is 9.09. The zero-order valence-corrected chi connectivity index (χ0v) is 19.4. The molecule has 0 aromatic carbocycles. The van der Waals surface area contributed by atoms with E-state index in [2.05, 4.69) is 36.2 Å². The molecule has 0 bridgehead atoms. The predicted octanol–water partition coefficient (Wildman–Crippen LogP) is 5.32. The Labute approximate surface area is 185 Å². The third kappa shape index (κ3) is 5.16. The number of aromatic nitrogens is 3. The van der Waals surface area contributed by atoms with Crippen LogP contribution in [0.3, 0.4) is 0 Å². The fourth-order valence-corrected chi connectivity index (χ4v) is 4.97. The molecule has 6 heteroatoms. The number of aryl methyl sites for hydroxylation is 1. The van der Waals surface area contributed by atoms with Gasteiger partial charge >= 0.3 is 0 Å². The summed E-state index contributed by atoms with van der Waals surface area (Å²) in [4.78, 5) is 22.0. The van der Waals surface area contributed by atoms with E-state index in [-0.39, 0.29) is 17.2 Å². The molecule has 2 heterocycles. The third-order valence-corrected chi connectivity index (χ3v) is 6.91. The maximum atomic E-state index is 12.4. The van der Waals surface area contributed by atoms with Gasteiger partial charge in [0.25, 0.3) is 0 Å². The van der Waals surface area contributed by atoms with E-state index < -0.39 is 0 Å². The van der Waals surface area contributed by atoms with Crippen molar-refractivity contribution in [2.24, 2.45) is 11.8 Å². The number of carbonyl (C=O) groups is 1. The van der Waals surface area contributed by atoms with E-state index in [1.165, 1.54) is 12.8 Å². The standard InChI is InChI=1S/C25H36N4O2/c1-16-13-21(31-29-16)20-15-27-24(25(2,3)4)28-22(20)18-11-9-17(10-12-18)14-26-23(30)19-7-5-6-8-19/h13,15,17-19H,5-12,14H2,1-4H3,(H,26,30). The number of rotatable bonds is 5. The van der Waals surface area contributed by atoms with Gasteiger partial charge in [-0.25, -0.2) is 9.97 Å². The molecule has 2 aromatic rings. The van der Waals surface area contributed by atoms with Crippen molar-refractivity contribution in [1.29, 1.82) is 0 Å². The number of carbonyl (C=O) groups excluding carboxylic acids is 1. The van der Waals surface area contributed by atoms with Crippen molar-refractivity contribution in [2.45, 2.75) is 90.4 Å². The Balaban J connectivity index is 1.44. The van der Waals surface area contributed by atoms with Crippen molar-refractivity contribution in [3.8, 4) is 11.3 Å².